The van der Waals surface area contributed by atoms with E-state index in [1.165, 1.54) is 29.9 Å². The van der Waals surface area contributed by atoms with Crippen molar-refractivity contribution in [3.05, 3.63) is 34.5 Å². The summed E-state index contributed by atoms with van der Waals surface area (Å²) in [6.07, 6.45) is 8.71. The number of nitrogens with one attached hydrogen (secondary N) is 1. The van der Waals surface area contributed by atoms with E-state index in [0.29, 0.717) is 28.9 Å². The van der Waals surface area contributed by atoms with Crippen molar-refractivity contribution < 1.29 is 9.90 Å². The zero-order chi connectivity index (χ0) is 19.2. The van der Waals surface area contributed by atoms with E-state index in [0.717, 1.165) is 12.8 Å². The molecular formula is C18H22N6O3. The molecule has 3 heterocycles. The molecule has 0 amide bonds. The fourth-order valence-corrected chi connectivity index (χ4v) is 3.68. The minimum Gasteiger partial charge on any atom is -0.478 e. The van der Waals surface area contributed by atoms with Gasteiger partial charge in [0.1, 0.15) is 5.52 Å². The molecule has 0 saturated heterocycles. The molecule has 3 aromatic heterocycles. The Balaban J connectivity index is 1.62. The number of carboxylic acids is 1. The predicted octanol–water partition coefficient (Wildman–Crippen LogP) is 2.22. The van der Waals surface area contributed by atoms with Crippen molar-refractivity contribution in [2.45, 2.75) is 46.1 Å². The molecule has 3 aromatic rings. The van der Waals surface area contributed by atoms with Gasteiger partial charge >= 0.3 is 5.97 Å². The van der Waals surface area contributed by atoms with Crippen molar-refractivity contribution in [3.8, 4) is 5.95 Å². The summed E-state index contributed by atoms with van der Waals surface area (Å²) in [4.78, 5) is 30.7. The summed E-state index contributed by atoms with van der Waals surface area (Å²) in [6.45, 7) is 5.30. The molecule has 9 heteroatoms. The summed E-state index contributed by atoms with van der Waals surface area (Å²) in [5, 5.41) is 17.3. The van der Waals surface area contributed by atoms with Crippen LogP contribution >= 0.6 is 0 Å². The van der Waals surface area contributed by atoms with Crippen molar-refractivity contribution in [2.75, 3.05) is 0 Å². The molecule has 0 atom stereocenters. The molecule has 0 radical (unpaired) electrons. The van der Waals surface area contributed by atoms with Crippen molar-refractivity contribution in [3.63, 3.8) is 0 Å². The van der Waals surface area contributed by atoms with Crippen LogP contribution in [0.1, 0.15) is 49.9 Å². The monoisotopic (exact) mass is 370 g/mol. The molecule has 1 aliphatic carbocycles. The Hall–Kier alpha value is -2.97. The Morgan fingerprint density at radius 2 is 2.04 bits per heavy atom. The second-order valence-electron chi connectivity index (χ2n) is 8.04. The first kappa shape index (κ1) is 17.4. The Bertz CT molecular complexity index is 1050. The molecule has 0 aliphatic heterocycles. The number of hydrogen-bond donors (Lipinski definition) is 2. The average Bonchev–Trinajstić information content (AvgIpc) is 3.24. The maximum atomic E-state index is 12.6. The third-order valence-corrected chi connectivity index (χ3v) is 5.42. The number of aromatic amines is 1. The van der Waals surface area contributed by atoms with Crippen LogP contribution in [0.2, 0.25) is 0 Å². The normalized spacial score (nSPS) is 17.4. The molecule has 27 heavy (non-hydrogen) atoms. The first-order valence-corrected chi connectivity index (χ1v) is 9.06. The van der Waals surface area contributed by atoms with E-state index in [4.69, 9.17) is 5.11 Å². The highest BCUT2D eigenvalue weighted by atomic mass is 16.4. The summed E-state index contributed by atoms with van der Waals surface area (Å²) in [5.74, 6) is -0.420. The van der Waals surface area contributed by atoms with E-state index in [1.54, 1.807) is 10.9 Å². The molecule has 1 saturated carbocycles. The zero-order valence-electron chi connectivity index (χ0n) is 15.3. The second-order valence-corrected chi connectivity index (χ2v) is 8.04. The topological polar surface area (TPSA) is 119 Å². The van der Waals surface area contributed by atoms with Crippen molar-refractivity contribution >= 4 is 17.0 Å². The van der Waals surface area contributed by atoms with Gasteiger partial charge in [-0.1, -0.05) is 13.8 Å². The third kappa shape index (κ3) is 3.36. The summed E-state index contributed by atoms with van der Waals surface area (Å²) < 4.78 is 2.98. The van der Waals surface area contributed by atoms with Gasteiger partial charge < -0.3 is 5.11 Å². The third-order valence-electron chi connectivity index (χ3n) is 5.42. The summed E-state index contributed by atoms with van der Waals surface area (Å²) >= 11 is 0. The molecule has 0 aromatic carbocycles. The van der Waals surface area contributed by atoms with Crippen LogP contribution in [0.15, 0.2) is 23.4 Å². The van der Waals surface area contributed by atoms with Crippen molar-refractivity contribution in [1.82, 2.24) is 29.5 Å². The van der Waals surface area contributed by atoms with Gasteiger partial charge in [-0.3, -0.25) is 14.5 Å². The highest BCUT2D eigenvalue weighted by molar-refractivity contribution is 5.87. The van der Waals surface area contributed by atoms with Gasteiger partial charge in [-0.05, 0) is 37.0 Å². The highest BCUT2D eigenvalue weighted by Crippen LogP contribution is 2.38. The lowest BCUT2D eigenvalue weighted by Crippen LogP contribution is -2.25. The van der Waals surface area contributed by atoms with Gasteiger partial charge in [0.2, 0.25) is 5.95 Å². The van der Waals surface area contributed by atoms with Crippen LogP contribution in [0.5, 0.6) is 0 Å². The van der Waals surface area contributed by atoms with E-state index in [2.05, 4.69) is 34.0 Å². The molecule has 1 fully saturated rings. The lowest BCUT2D eigenvalue weighted by atomic mass is 9.73. The van der Waals surface area contributed by atoms with Crippen LogP contribution < -0.4 is 5.56 Å². The SMILES string of the molecule is CC1(C)CCC(Cn2ncc3nc(-n4cc(C(=O)O)cn4)[nH]c(=O)c32)CC1. The second kappa shape index (κ2) is 6.33. The van der Waals surface area contributed by atoms with E-state index in [-0.39, 0.29) is 17.1 Å². The molecule has 142 valence electrons. The van der Waals surface area contributed by atoms with Gasteiger partial charge in [-0.15, -0.1) is 0 Å². The number of fused-ring (bicyclic) bond motifs is 1. The van der Waals surface area contributed by atoms with E-state index < -0.39 is 5.97 Å². The van der Waals surface area contributed by atoms with Gasteiger partial charge in [-0.2, -0.15) is 10.2 Å². The molecule has 0 spiro atoms. The molecule has 0 unspecified atom stereocenters. The quantitative estimate of drug-likeness (QED) is 0.727. The number of hydrogen-bond acceptors (Lipinski definition) is 5. The molecular weight excluding hydrogens is 348 g/mol. The fraction of sp³-hybridized carbons (Fsp3) is 0.500. The summed E-state index contributed by atoms with van der Waals surface area (Å²) in [5.41, 5.74) is 1.02. The number of carbonyl (C=O) groups is 1. The standard InChI is InChI=1S/C18H22N6O3/c1-18(2)5-3-11(4-6-18)9-23-14-13(8-20-23)21-17(22-15(14)25)24-10-12(7-19-24)16(26)27/h7-8,10-11H,3-6,9H2,1-2H3,(H,26,27)(H,21,22,25). The van der Waals surface area contributed by atoms with Gasteiger partial charge in [0, 0.05) is 12.7 Å². The van der Waals surface area contributed by atoms with Crippen LogP contribution in [-0.2, 0) is 6.54 Å². The Morgan fingerprint density at radius 1 is 1.30 bits per heavy atom. The first-order chi connectivity index (χ1) is 12.8. The fourth-order valence-electron chi connectivity index (χ4n) is 3.68. The van der Waals surface area contributed by atoms with E-state index in [9.17, 15) is 9.59 Å². The number of rotatable bonds is 4. The smallest absolute Gasteiger partial charge is 0.338 e. The number of H-pyrrole nitrogens is 1. The minimum absolute atomic E-state index is 0.0219. The van der Waals surface area contributed by atoms with Gasteiger partial charge in [0.05, 0.1) is 18.0 Å². The van der Waals surface area contributed by atoms with Crippen LogP contribution in [0.4, 0.5) is 0 Å². The number of aromatic carboxylic acids is 1. The Morgan fingerprint density at radius 3 is 2.70 bits per heavy atom. The van der Waals surface area contributed by atoms with E-state index in [1.807, 2.05) is 0 Å². The number of nitrogens with zero attached hydrogens (tertiary/aromatic N) is 5. The van der Waals surface area contributed by atoms with Crippen LogP contribution in [-0.4, -0.2) is 40.6 Å². The zero-order valence-corrected chi connectivity index (χ0v) is 15.3. The van der Waals surface area contributed by atoms with Gasteiger partial charge in [0.25, 0.3) is 5.56 Å². The molecule has 1 aliphatic rings. The Kier molecular flexibility index (Phi) is 4.09. The summed E-state index contributed by atoms with van der Waals surface area (Å²) in [7, 11) is 0. The van der Waals surface area contributed by atoms with Gasteiger partial charge in [-0.25, -0.2) is 14.5 Å². The number of aromatic nitrogens is 6. The molecule has 4 rings (SSSR count). The Labute approximate surface area is 155 Å². The van der Waals surface area contributed by atoms with Crippen LogP contribution in [0.25, 0.3) is 17.0 Å². The van der Waals surface area contributed by atoms with Crippen LogP contribution in [0, 0.1) is 11.3 Å². The molecule has 2 N–H and O–H groups in total. The lowest BCUT2D eigenvalue weighted by molar-refractivity contribution is 0.0697. The highest BCUT2D eigenvalue weighted by Gasteiger charge is 2.27. The number of carboxylic acid groups (broad SMARTS) is 1. The lowest BCUT2D eigenvalue weighted by Gasteiger charge is -2.34. The molecule has 0 bridgehead atoms. The average molecular weight is 370 g/mol. The van der Waals surface area contributed by atoms with Crippen molar-refractivity contribution in [2.24, 2.45) is 11.3 Å². The van der Waals surface area contributed by atoms with Crippen LogP contribution in [0.3, 0.4) is 0 Å². The van der Waals surface area contributed by atoms with E-state index >= 15 is 0 Å². The van der Waals surface area contributed by atoms with Gasteiger partial charge in [0.15, 0.2) is 5.52 Å². The molecule has 9 nitrogen and oxygen atoms in total. The maximum Gasteiger partial charge on any atom is 0.338 e. The minimum atomic E-state index is -1.09. The van der Waals surface area contributed by atoms with Crippen molar-refractivity contribution in [1.29, 1.82) is 0 Å². The first-order valence-electron chi connectivity index (χ1n) is 9.06. The predicted molar refractivity (Wildman–Crippen MR) is 98.0 cm³/mol. The summed E-state index contributed by atoms with van der Waals surface area (Å²) in [6, 6.07) is 0. The maximum absolute atomic E-state index is 12.6. The largest absolute Gasteiger partial charge is 0.478 e.